The van der Waals surface area contributed by atoms with Crippen LogP contribution in [0.2, 0.25) is 0 Å². The second-order valence-corrected chi connectivity index (χ2v) is 5.14. The Balaban J connectivity index is 2.10. The van der Waals surface area contributed by atoms with Gasteiger partial charge in [0.05, 0.1) is 0 Å². The third-order valence-electron chi connectivity index (χ3n) is 3.34. The van der Waals surface area contributed by atoms with Gasteiger partial charge in [-0.1, -0.05) is 45.4 Å². The van der Waals surface area contributed by atoms with E-state index in [1.165, 1.54) is 32.1 Å². The third kappa shape index (κ3) is 7.14. The van der Waals surface area contributed by atoms with Crippen molar-refractivity contribution in [3.8, 4) is 0 Å². The van der Waals surface area contributed by atoms with Crippen molar-refractivity contribution in [3.63, 3.8) is 0 Å². The predicted molar refractivity (Wildman–Crippen MR) is 85.5 cm³/mol. The molecule has 0 bridgehead atoms. The highest BCUT2D eigenvalue weighted by molar-refractivity contribution is 5.90. The summed E-state index contributed by atoms with van der Waals surface area (Å²) in [5.74, 6) is 5.38. The first-order valence-electron chi connectivity index (χ1n) is 7.62. The van der Waals surface area contributed by atoms with Gasteiger partial charge in [0.25, 0.3) is 0 Å². The van der Waals surface area contributed by atoms with Gasteiger partial charge in [0.1, 0.15) is 0 Å². The average Bonchev–Trinajstić information content (AvgIpc) is 2.47. The predicted octanol–water partition coefficient (Wildman–Crippen LogP) is 4.05. The van der Waals surface area contributed by atoms with Crippen LogP contribution in [0.5, 0.6) is 0 Å². The SMILES string of the molecule is CCCCCCCCCC(=O)Nc1ccc(NN)cc1. The van der Waals surface area contributed by atoms with E-state index in [1.54, 1.807) is 0 Å². The Morgan fingerprint density at radius 1 is 0.950 bits per heavy atom. The van der Waals surface area contributed by atoms with Crippen molar-refractivity contribution in [1.29, 1.82) is 0 Å². The molecule has 1 amide bonds. The minimum absolute atomic E-state index is 0.0898. The molecule has 4 heteroatoms. The molecule has 20 heavy (non-hydrogen) atoms. The number of hydrazine groups is 1. The molecule has 0 saturated carbocycles. The Morgan fingerprint density at radius 2 is 1.50 bits per heavy atom. The minimum atomic E-state index is 0.0898. The quantitative estimate of drug-likeness (QED) is 0.343. The van der Waals surface area contributed by atoms with Gasteiger partial charge >= 0.3 is 0 Å². The molecule has 0 unspecified atom stereocenters. The van der Waals surface area contributed by atoms with Gasteiger partial charge in [-0.25, -0.2) is 0 Å². The molecule has 0 aliphatic rings. The van der Waals surface area contributed by atoms with Crippen LogP contribution < -0.4 is 16.6 Å². The zero-order chi connectivity index (χ0) is 14.6. The molecule has 112 valence electrons. The van der Waals surface area contributed by atoms with Gasteiger partial charge in [0, 0.05) is 17.8 Å². The third-order valence-corrected chi connectivity index (χ3v) is 3.34. The number of carbonyl (C=O) groups excluding carboxylic acids is 1. The maximum Gasteiger partial charge on any atom is 0.224 e. The summed E-state index contributed by atoms with van der Waals surface area (Å²) in [6, 6.07) is 7.36. The van der Waals surface area contributed by atoms with E-state index >= 15 is 0 Å². The van der Waals surface area contributed by atoms with E-state index in [0.29, 0.717) is 6.42 Å². The number of nitrogen functional groups attached to an aromatic ring is 1. The molecule has 0 fully saturated rings. The fourth-order valence-corrected chi connectivity index (χ4v) is 2.12. The molecule has 4 N–H and O–H groups in total. The molecule has 4 nitrogen and oxygen atoms in total. The molecular weight excluding hydrogens is 250 g/mol. The first-order valence-corrected chi connectivity index (χ1v) is 7.62. The zero-order valence-electron chi connectivity index (χ0n) is 12.5. The zero-order valence-corrected chi connectivity index (χ0v) is 12.5. The number of nitrogens with one attached hydrogen (secondary N) is 2. The van der Waals surface area contributed by atoms with E-state index < -0.39 is 0 Å². The van der Waals surface area contributed by atoms with Crippen molar-refractivity contribution in [2.75, 3.05) is 10.7 Å². The van der Waals surface area contributed by atoms with Gasteiger partial charge in [-0.3, -0.25) is 10.6 Å². The van der Waals surface area contributed by atoms with E-state index in [1.807, 2.05) is 24.3 Å². The van der Waals surface area contributed by atoms with Crippen LogP contribution in [0.3, 0.4) is 0 Å². The van der Waals surface area contributed by atoms with E-state index in [0.717, 1.165) is 24.2 Å². The monoisotopic (exact) mass is 277 g/mol. The largest absolute Gasteiger partial charge is 0.326 e. The van der Waals surface area contributed by atoms with Gasteiger partial charge in [0.2, 0.25) is 5.91 Å². The lowest BCUT2D eigenvalue weighted by molar-refractivity contribution is -0.116. The molecule has 0 spiro atoms. The Bertz CT molecular complexity index is 376. The summed E-state index contributed by atoms with van der Waals surface area (Å²) >= 11 is 0. The van der Waals surface area contributed by atoms with Gasteiger partial charge in [-0.15, -0.1) is 0 Å². The van der Waals surface area contributed by atoms with Gasteiger partial charge in [-0.05, 0) is 30.7 Å². The first-order chi connectivity index (χ1) is 9.76. The van der Waals surface area contributed by atoms with Crippen LogP contribution in [0, 0.1) is 0 Å². The van der Waals surface area contributed by atoms with Crippen LogP contribution in [0.1, 0.15) is 58.3 Å². The molecule has 0 aliphatic heterocycles. The van der Waals surface area contributed by atoms with Crippen molar-refractivity contribution in [1.82, 2.24) is 0 Å². The highest BCUT2D eigenvalue weighted by Gasteiger charge is 2.02. The lowest BCUT2D eigenvalue weighted by atomic mass is 10.1. The second kappa shape index (κ2) is 10.3. The number of anilines is 2. The molecule has 1 aromatic rings. The van der Waals surface area contributed by atoms with Crippen LogP contribution in [-0.2, 0) is 4.79 Å². The van der Waals surface area contributed by atoms with E-state index in [9.17, 15) is 4.79 Å². The van der Waals surface area contributed by atoms with Gasteiger partial charge < -0.3 is 10.7 Å². The molecule has 0 atom stereocenters. The highest BCUT2D eigenvalue weighted by Crippen LogP contribution is 2.13. The van der Waals surface area contributed by atoms with Crippen molar-refractivity contribution < 1.29 is 4.79 Å². The molecule has 0 radical (unpaired) electrons. The second-order valence-electron chi connectivity index (χ2n) is 5.14. The van der Waals surface area contributed by atoms with Crippen LogP contribution in [0.15, 0.2) is 24.3 Å². The number of rotatable bonds is 10. The molecule has 0 aromatic heterocycles. The van der Waals surface area contributed by atoms with Crippen LogP contribution in [0.25, 0.3) is 0 Å². The van der Waals surface area contributed by atoms with E-state index in [4.69, 9.17) is 5.84 Å². The van der Waals surface area contributed by atoms with Crippen molar-refractivity contribution in [3.05, 3.63) is 24.3 Å². The van der Waals surface area contributed by atoms with Crippen LogP contribution >= 0.6 is 0 Å². The van der Waals surface area contributed by atoms with Crippen molar-refractivity contribution in [2.45, 2.75) is 58.3 Å². The molecule has 1 aromatic carbocycles. The van der Waals surface area contributed by atoms with Crippen molar-refractivity contribution >= 4 is 17.3 Å². The smallest absolute Gasteiger partial charge is 0.224 e. The summed E-state index contributed by atoms with van der Waals surface area (Å²) in [7, 11) is 0. The van der Waals surface area contributed by atoms with Crippen LogP contribution in [-0.4, -0.2) is 5.91 Å². The number of nitrogens with two attached hydrogens (primary N) is 1. The number of hydrogen-bond acceptors (Lipinski definition) is 3. The summed E-state index contributed by atoms with van der Waals surface area (Å²) < 4.78 is 0. The lowest BCUT2D eigenvalue weighted by Gasteiger charge is -2.06. The molecular formula is C16H27N3O. The molecule has 0 aliphatic carbocycles. The normalized spacial score (nSPS) is 10.3. The van der Waals surface area contributed by atoms with Crippen LogP contribution in [0.4, 0.5) is 11.4 Å². The Labute approximate surface area is 122 Å². The Morgan fingerprint density at radius 3 is 2.10 bits per heavy atom. The highest BCUT2D eigenvalue weighted by atomic mass is 16.1. The summed E-state index contributed by atoms with van der Waals surface area (Å²) in [5, 5.41) is 2.90. The Kier molecular flexibility index (Phi) is 8.47. The molecule has 0 saturated heterocycles. The number of hydrogen-bond donors (Lipinski definition) is 3. The lowest BCUT2D eigenvalue weighted by Crippen LogP contribution is -2.11. The Hall–Kier alpha value is -1.55. The summed E-state index contributed by atoms with van der Waals surface area (Å²) in [6.07, 6.45) is 9.19. The standard InChI is InChI=1S/C16H27N3O/c1-2-3-4-5-6-7-8-9-16(20)18-14-10-12-15(19-17)13-11-14/h10-13,19H,2-9,17H2,1H3,(H,18,20). The number of unbranched alkanes of at least 4 members (excludes halogenated alkanes) is 6. The number of benzene rings is 1. The van der Waals surface area contributed by atoms with Crippen molar-refractivity contribution in [2.24, 2.45) is 5.84 Å². The minimum Gasteiger partial charge on any atom is -0.326 e. The summed E-state index contributed by atoms with van der Waals surface area (Å²) in [4.78, 5) is 11.8. The topological polar surface area (TPSA) is 67.2 Å². The maximum atomic E-state index is 11.8. The number of carbonyl (C=O) groups is 1. The average molecular weight is 277 g/mol. The molecule has 0 heterocycles. The maximum absolute atomic E-state index is 11.8. The summed E-state index contributed by atoms with van der Waals surface area (Å²) in [6.45, 7) is 2.22. The fraction of sp³-hybridized carbons (Fsp3) is 0.562. The molecule has 1 rings (SSSR count). The van der Waals surface area contributed by atoms with Gasteiger partial charge in [0.15, 0.2) is 0 Å². The fourth-order valence-electron chi connectivity index (χ4n) is 2.12. The van der Waals surface area contributed by atoms with Gasteiger partial charge in [-0.2, -0.15) is 0 Å². The van der Waals surface area contributed by atoms with E-state index in [2.05, 4.69) is 17.7 Å². The first kappa shape index (κ1) is 16.5. The summed E-state index contributed by atoms with van der Waals surface area (Å²) in [5.41, 5.74) is 4.20. The van der Waals surface area contributed by atoms with E-state index in [-0.39, 0.29) is 5.91 Å². The number of amides is 1.